The number of amides is 2. The number of carbonyl (C=O) groups is 2. The molecule has 0 atom stereocenters. The Kier molecular flexibility index (Phi) is 15.3. The number of unbranched alkanes of at least 4 members (excludes halogenated alkanes) is 2. The molecule has 0 aliphatic carbocycles. The molecule has 0 bridgehead atoms. The van der Waals surface area contributed by atoms with Crippen LogP contribution in [0, 0.1) is 6.92 Å². The number of carbonyl (C=O) groups excluding carboxylic acids is 2. The number of hydrogen-bond donors (Lipinski definition) is 2. The Labute approximate surface area is 311 Å². The molecule has 2 amide bonds. The van der Waals surface area contributed by atoms with Crippen LogP contribution in [-0.4, -0.2) is 81.5 Å². The fourth-order valence-corrected chi connectivity index (χ4v) is 7.18. The smallest absolute Gasteiger partial charge is 0.407 e. The molecule has 2 aliphatic heterocycles. The van der Waals surface area contributed by atoms with Gasteiger partial charge in [0.2, 0.25) is 11.6 Å². The average Bonchev–Trinajstić information content (AvgIpc) is 3.46. The highest BCUT2D eigenvalue weighted by molar-refractivity contribution is 6.03. The third kappa shape index (κ3) is 10.4. The monoisotopic (exact) mass is 713 g/mol. The first-order chi connectivity index (χ1) is 25.0. The predicted molar refractivity (Wildman–Crippen MR) is 211 cm³/mol. The highest BCUT2D eigenvalue weighted by Crippen LogP contribution is 2.47. The lowest BCUT2D eigenvalue weighted by Crippen LogP contribution is -2.29. The minimum Gasteiger partial charge on any atom is -0.450 e. The van der Waals surface area contributed by atoms with Crippen molar-refractivity contribution in [1.82, 2.24) is 10.6 Å². The van der Waals surface area contributed by atoms with Gasteiger partial charge in [0.05, 0.1) is 38.4 Å². The number of ether oxygens (including phenoxy) is 3. The molecule has 9 nitrogen and oxygen atoms in total. The zero-order valence-electron chi connectivity index (χ0n) is 32.6. The van der Waals surface area contributed by atoms with Crippen LogP contribution >= 0.6 is 0 Å². The van der Waals surface area contributed by atoms with Gasteiger partial charge in [-0.05, 0) is 71.2 Å². The molecular weight excluding hydrogens is 652 g/mol. The minimum absolute atomic E-state index is 0.0437. The molecule has 0 saturated carbocycles. The topological polar surface area (TPSA) is 92.1 Å². The van der Waals surface area contributed by atoms with Crippen molar-refractivity contribution in [2.45, 2.75) is 85.0 Å². The second-order valence-electron chi connectivity index (χ2n) is 14.4. The van der Waals surface area contributed by atoms with Gasteiger partial charge in [-0.2, -0.15) is 4.58 Å². The zero-order chi connectivity index (χ0) is 37.6. The van der Waals surface area contributed by atoms with Gasteiger partial charge in [-0.1, -0.05) is 61.9 Å². The van der Waals surface area contributed by atoms with Crippen molar-refractivity contribution in [3.63, 3.8) is 0 Å². The summed E-state index contributed by atoms with van der Waals surface area (Å²) in [5, 5.41) is 5.55. The molecule has 0 spiro atoms. The highest BCUT2D eigenvalue weighted by Gasteiger charge is 2.44. The molecule has 0 saturated heterocycles. The number of hydrogen-bond acceptors (Lipinski definition) is 6. The van der Waals surface area contributed by atoms with Crippen molar-refractivity contribution in [2.75, 3.05) is 64.1 Å². The van der Waals surface area contributed by atoms with E-state index in [4.69, 9.17) is 14.2 Å². The molecule has 2 N–H and O–H groups in total. The van der Waals surface area contributed by atoms with Crippen molar-refractivity contribution in [3.05, 3.63) is 95.2 Å². The van der Waals surface area contributed by atoms with Gasteiger partial charge in [0.1, 0.15) is 6.54 Å². The van der Waals surface area contributed by atoms with Gasteiger partial charge in [-0.25, -0.2) is 4.79 Å². The number of alkyl carbamates (subject to hydrolysis) is 1. The van der Waals surface area contributed by atoms with E-state index in [-0.39, 0.29) is 16.7 Å². The number of fused-ring (bicyclic) bond motifs is 2. The summed E-state index contributed by atoms with van der Waals surface area (Å²) in [6.07, 6.45) is 13.9. The van der Waals surface area contributed by atoms with Crippen LogP contribution in [0.1, 0.15) is 83.9 Å². The minimum atomic E-state index is -0.442. The standard InChI is InChI=1S/C43H60N4O5/c1-8-46-36-19-16-15-18-34(36)42(4,5)38(46)20-12-10-13-21-39-43(6,7)35-32-33(3)23-24-37(35)47(39)27-17-11-14-22-40(48)44-25-28-50-30-31-51-29-26-45-41(49)52-9-2/h10,12-13,15-16,18-21,23-24,32H,8-9,11,14,17,22,25-31H2,1-7H3,(H-,44,45,48,49)/p+1. The lowest BCUT2D eigenvalue weighted by atomic mass is 9.81. The van der Waals surface area contributed by atoms with Crippen LogP contribution in [0.25, 0.3) is 0 Å². The third-order valence-electron chi connectivity index (χ3n) is 9.91. The SMILES string of the molecule is CCOC(=O)NCCOCCOCCNC(=O)CCCCC[N+]1=C(/C=C/C=C/C=C2\N(CC)c3ccccc3C2(C)C)C(C)(C)c2cc(C)ccc21. The van der Waals surface area contributed by atoms with Crippen LogP contribution in [0.3, 0.4) is 0 Å². The van der Waals surface area contributed by atoms with Crippen molar-refractivity contribution in [2.24, 2.45) is 0 Å². The number of allylic oxidation sites excluding steroid dienone is 6. The maximum absolute atomic E-state index is 12.4. The fraction of sp³-hybridized carbons (Fsp3) is 0.512. The largest absolute Gasteiger partial charge is 0.450 e. The van der Waals surface area contributed by atoms with E-state index in [9.17, 15) is 9.59 Å². The first-order valence-corrected chi connectivity index (χ1v) is 19.0. The summed E-state index contributed by atoms with van der Waals surface area (Å²) in [5.74, 6) is 0.0527. The Morgan fingerprint density at radius 1 is 0.827 bits per heavy atom. The highest BCUT2D eigenvalue weighted by atomic mass is 16.5. The molecule has 0 fully saturated rings. The summed E-state index contributed by atoms with van der Waals surface area (Å²) in [5.41, 5.74) is 9.06. The van der Waals surface area contributed by atoms with Gasteiger partial charge in [-0.3, -0.25) is 4.79 Å². The normalized spacial score (nSPS) is 16.6. The summed E-state index contributed by atoms with van der Waals surface area (Å²) in [6, 6.07) is 15.5. The second kappa shape index (κ2) is 19.6. The summed E-state index contributed by atoms with van der Waals surface area (Å²) in [4.78, 5) is 26.1. The van der Waals surface area contributed by atoms with Gasteiger partial charge in [0.25, 0.3) is 0 Å². The first-order valence-electron chi connectivity index (χ1n) is 19.0. The van der Waals surface area contributed by atoms with E-state index in [1.54, 1.807) is 6.92 Å². The molecule has 52 heavy (non-hydrogen) atoms. The van der Waals surface area contributed by atoms with E-state index < -0.39 is 6.09 Å². The molecular formula is C43H61N4O5+. The lowest BCUT2D eigenvalue weighted by Gasteiger charge is -2.25. The first kappa shape index (κ1) is 40.6. The van der Waals surface area contributed by atoms with Crippen molar-refractivity contribution in [3.8, 4) is 0 Å². The van der Waals surface area contributed by atoms with Gasteiger partial charge in [0.15, 0.2) is 5.71 Å². The van der Waals surface area contributed by atoms with Gasteiger partial charge >= 0.3 is 6.09 Å². The molecule has 2 aliphatic rings. The zero-order valence-corrected chi connectivity index (χ0v) is 32.6. The van der Waals surface area contributed by atoms with Crippen LogP contribution in [-0.2, 0) is 29.8 Å². The van der Waals surface area contributed by atoms with Gasteiger partial charge < -0.3 is 29.7 Å². The number of nitrogens with zero attached hydrogens (tertiary/aromatic N) is 2. The van der Waals surface area contributed by atoms with E-state index in [0.29, 0.717) is 52.5 Å². The third-order valence-corrected chi connectivity index (χ3v) is 9.91. The van der Waals surface area contributed by atoms with Gasteiger partial charge in [-0.15, -0.1) is 0 Å². The molecule has 2 heterocycles. The molecule has 282 valence electrons. The molecule has 4 rings (SSSR count). The molecule has 0 aromatic heterocycles. The van der Waals surface area contributed by atoms with Crippen LogP contribution in [0.2, 0.25) is 0 Å². The van der Waals surface area contributed by atoms with Gasteiger partial charge in [0, 0.05) is 67.0 Å². The number of benzene rings is 2. The average molecular weight is 714 g/mol. The molecule has 9 heteroatoms. The van der Waals surface area contributed by atoms with E-state index in [0.717, 1.165) is 32.4 Å². The number of aryl methyl sites for hydroxylation is 1. The van der Waals surface area contributed by atoms with Crippen molar-refractivity contribution < 1.29 is 28.4 Å². The Balaban J connectivity index is 1.24. The summed E-state index contributed by atoms with van der Waals surface area (Å²) >= 11 is 0. The lowest BCUT2D eigenvalue weighted by molar-refractivity contribution is -0.438. The van der Waals surface area contributed by atoms with Crippen LogP contribution in [0.5, 0.6) is 0 Å². The van der Waals surface area contributed by atoms with E-state index in [1.807, 2.05) is 0 Å². The number of nitrogens with one attached hydrogen (secondary N) is 2. The summed E-state index contributed by atoms with van der Waals surface area (Å²) in [6.45, 7) is 20.1. The number of rotatable bonds is 20. The second-order valence-corrected chi connectivity index (χ2v) is 14.4. The number of likely N-dealkylation sites (N-methyl/N-ethyl adjacent to an activating group) is 1. The summed E-state index contributed by atoms with van der Waals surface area (Å²) in [7, 11) is 0. The fourth-order valence-electron chi connectivity index (χ4n) is 7.18. The Bertz CT molecular complexity index is 1640. The predicted octanol–water partition coefficient (Wildman–Crippen LogP) is 7.64. The van der Waals surface area contributed by atoms with E-state index in [1.165, 1.54) is 39.5 Å². The van der Waals surface area contributed by atoms with Crippen molar-refractivity contribution >= 4 is 29.1 Å². The Hall–Kier alpha value is -4.21. The molecule has 0 radical (unpaired) electrons. The van der Waals surface area contributed by atoms with E-state index in [2.05, 4.69) is 134 Å². The molecule has 2 aromatic rings. The molecule has 0 unspecified atom stereocenters. The number of para-hydroxylation sites is 1. The maximum atomic E-state index is 12.4. The van der Waals surface area contributed by atoms with Crippen molar-refractivity contribution in [1.29, 1.82) is 0 Å². The van der Waals surface area contributed by atoms with Crippen LogP contribution in [0.4, 0.5) is 16.2 Å². The quantitative estimate of drug-likeness (QED) is 0.0833. The van der Waals surface area contributed by atoms with Crippen LogP contribution in [0.15, 0.2) is 78.5 Å². The van der Waals surface area contributed by atoms with Crippen LogP contribution < -0.4 is 15.5 Å². The Morgan fingerprint density at radius 3 is 2.29 bits per heavy atom. The maximum Gasteiger partial charge on any atom is 0.407 e. The molecule has 2 aromatic carbocycles. The number of anilines is 1. The Morgan fingerprint density at radius 2 is 1.56 bits per heavy atom. The van der Waals surface area contributed by atoms with E-state index >= 15 is 0 Å². The summed E-state index contributed by atoms with van der Waals surface area (Å²) < 4.78 is 18.2.